The maximum Gasteiger partial charge on any atom is 0.142 e. The van der Waals surface area contributed by atoms with Crippen molar-refractivity contribution in [2.75, 3.05) is 0 Å². The summed E-state index contributed by atoms with van der Waals surface area (Å²) in [6.45, 7) is 0. The van der Waals surface area contributed by atoms with Crippen molar-refractivity contribution in [3.8, 4) is 33.4 Å². The number of benzene rings is 7. The van der Waals surface area contributed by atoms with E-state index < -0.39 is 0 Å². The van der Waals surface area contributed by atoms with Crippen LogP contribution in [0.25, 0.3) is 87.8 Å². The molecule has 0 saturated carbocycles. The van der Waals surface area contributed by atoms with E-state index in [2.05, 4.69) is 127 Å². The van der Waals surface area contributed by atoms with E-state index in [0.717, 1.165) is 44.0 Å². The summed E-state index contributed by atoms with van der Waals surface area (Å²) >= 11 is 0. The second-order valence-corrected chi connectivity index (χ2v) is 10.8. The van der Waals surface area contributed by atoms with E-state index in [1.54, 1.807) is 6.26 Å². The molecule has 42 heavy (non-hydrogen) atoms. The van der Waals surface area contributed by atoms with Crippen molar-refractivity contribution >= 4 is 54.5 Å². The van der Waals surface area contributed by atoms with Gasteiger partial charge in [0.1, 0.15) is 16.7 Å². The quantitative estimate of drug-likeness (QED) is 0.210. The van der Waals surface area contributed by atoms with Gasteiger partial charge in [-0.05, 0) is 62.0 Å². The van der Waals surface area contributed by atoms with Crippen LogP contribution in [0, 0.1) is 0 Å². The minimum atomic E-state index is 0.869. The molecule has 0 bridgehead atoms. The lowest BCUT2D eigenvalue weighted by atomic mass is 9.85. The second-order valence-electron chi connectivity index (χ2n) is 10.8. The first-order chi connectivity index (χ1) is 20.8. The normalized spacial score (nSPS) is 11.8. The van der Waals surface area contributed by atoms with Crippen molar-refractivity contribution in [1.82, 2.24) is 0 Å². The largest absolute Gasteiger partial charge is 0.464 e. The maximum absolute atomic E-state index is 6.42. The van der Waals surface area contributed by atoms with Gasteiger partial charge in [-0.25, -0.2) is 0 Å². The van der Waals surface area contributed by atoms with Gasteiger partial charge in [0.2, 0.25) is 0 Å². The van der Waals surface area contributed by atoms with E-state index in [9.17, 15) is 0 Å². The zero-order valence-corrected chi connectivity index (χ0v) is 22.7. The second kappa shape index (κ2) is 8.95. The molecule has 0 radical (unpaired) electrons. The van der Waals surface area contributed by atoms with Crippen LogP contribution in [0.15, 0.2) is 155 Å². The fraction of sp³-hybridized carbons (Fsp3) is 0. The maximum atomic E-state index is 6.42. The lowest BCUT2D eigenvalue weighted by Gasteiger charge is -2.18. The standard InChI is InChI=1S/C40H24O2/c1-2-10-25(11-3-1)26-18-20-27(21-19-26)37-28-12-4-6-14-30(28)38(31-15-7-5-13-29(31)37)34-24-36-39(33-22-23-41-40(33)34)32-16-8-9-17-35(32)42-36/h1-24H. The molecule has 9 aromatic rings. The van der Waals surface area contributed by atoms with Crippen molar-refractivity contribution in [3.63, 3.8) is 0 Å². The summed E-state index contributed by atoms with van der Waals surface area (Å²) in [6.07, 6.45) is 1.79. The molecule has 9 rings (SSSR count). The highest BCUT2D eigenvalue weighted by Gasteiger charge is 2.22. The monoisotopic (exact) mass is 536 g/mol. The van der Waals surface area contributed by atoms with Crippen LogP contribution >= 0.6 is 0 Å². The summed E-state index contributed by atoms with van der Waals surface area (Å²) in [5.41, 5.74) is 9.71. The lowest BCUT2D eigenvalue weighted by Crippen LogP contribution is -1.91. The zero-order valence-electron chi connectivity index (χ0n) is 22.7. The molecule has 0 spiro atoms. The molecule has 0 amide bonds. The Balaban J connectivity index is 1.36. The van der Waals surface area contributed by atoms with Gasteiger partial charge in [0.05, 0.1) is 6.26 Å². The van der Waals surface area contributed by atoms with E-state index in [1.165, 1.54) is 43.8 Å². The van der Waals surface area contributed by atoms with Crippen molar-refractivity contribution < 1.29 is 8.83 Å². The smallest absolute Gasteiger partial charge is 0.142 e. The van der Waals surface area contributed by atoms with Crippen molar-refractivity contribution in [1.29, 1.82) is 0 Å². The van der Waals surface area contributed by atoms with Gasteiger partial charge >= 0.3 is 0 Å². The summed E-state index contributed by atoms with van der Waals surface area (Å²) < 4.78 is 12.7. The SMILES string of the molecule is c1ccc(-c2ccc(-c3c4ccccc4c(-c4cc5oc6ccccc6c5c5ccoc45)c4ccccc34)cc2)cc1. The van der Waals surface area contributed by atoms with E-state index in [-0.39, 0.29) is 0 Å². The van der Waals surface area contributed by atoms with Gasteiger partial charge in [-0.15, -0.1) is 0 Å². The van der Waals surface area contributed by atoms with Crippen LogP contribution in [0.2, 0.25) is 0 Å². The molecule has 0 aliphatic carbocycles. The van der Waals surface area contributed by atoms with Crippen LogP contribution < -0.4 is 0 Å². The molecule has 2 heteroatoms. The molecule has 2 heterocycles. The Morgan fingerprint density at radius 3 is 1.62 bits per heavy atom. The predicted molar refractivity (Wildman–Crippen MR) is 175 cm³/mol. The molecular formula is C40H24O2. The zero-order chi connectivity index (χ0) is 27.6. The van der Waals surface area contributed by atoms with Crippen LogP contribution in [-0.2, 0) is 0 Å². The summed E-state index contributed by atoms with van der Waals surface area (Å²) in [7, 11) is 0. The van der Waals surface area contributed by atoms with Crippen LogP contribution in [0.3, 0.4) is 0 Å². The number of hydrogen-bond donors (Lipinski definition) is 0. The number of hydrogen-bond acceptors (Lipinski definition) is 2. The van der Waals surface area contributed by atoms with Gasteiger partial charge in [-0.2, -0.15) is 0 Å². The van der Waals surface area contributed by atoms with Crippen LogP contribution in [0.5, 0.6) is 0 Å². The average Bonchev–Trinajstić information content (AvgIpc) is 3.69. The topological polar surface area (TPSA) is 26.3 Å². The summed E-state index contributed by atoms with van der Waals surface area (Å²) in [4.78, 5) is 0. The van der Waals surface area contributed by atoms with Crippen molar-refractivity contribution in [3.05, 3.63) is 146 Å². The number of furan rings is 2. The summed E-state index contributed by atoms with van der Waals surface area (Å²) in [6, 6.07) is 49.4. The molecule has 0 unspecified atom stereocenters. The highest BCUT2D eigenvalue weighted by Crippen LogP contribution is 2.47. The molecule has 196 valence electrons. The summed E-state index contributed by atoms with van der Waals surface area (Å²) in [5.74, 6) is 0. The van der Waals surface area contributed by atoms with Crippen molar-refractivity contribution in [2.24, 2.45) is 0 Å². The molecule has 0 saturated heterocycles. The minimum absolute atomic E-state index is 0.869. The molecular weight excluding hydrogens is 512 g/mol. The fourth-order valence-corrected chi connectivity index (χ4v) is 6.73. The minimum Gasteiger partial charge on any atom is -0.464 e. The first-order valence-electron chi connectivity index (χ1n) is 14.3. The lowest BCUT2D eigenvalue weighted by molar-refractivity contribution is 0.616. The number of rotatable bonds is 3. The Bertz CT molecular complexity index is 2380. The van der Waals surface area contributed by atoms with Gasteiger partial charge in [0.25, 0.3) is 0 Å². The Labute approximate surface area is 242 Å². The highest BCUT2D eigenvalue weighted by molar-refractivity contribution is 6.27. The Morgan fingerprint density at radius 1 is 0.381 bits per heavy atom. The molecule has 0 fully saturated rings. The molecule has 0 aliphatic rings. The van der Waals surface area contributed by atoms with E-state index in [1.807, 2.05) is 12.1 Å². The van der Waals surface area contributed by atoms with Gasteiger partial charge in [-0.3, -0.25) is 0 Å². The van der Waals surface area contributed by atoms with Crippen LogP contribution in [-0.4, -0.2) is 0 Å². The molecule has 7 aromatic carbocycles. The third-order valence-electron chi connectivity index (χ3n) is 8.56. The third kappa shape index (κ3) is 3.33. The molecule has 0 aliphatic heterocycles. The first kappa shape index (κ1) is 23.1. The third-order valence-corrected chi connectivity index (χ3v) is 8.56. The molecule has 0 N–H and O–H groups in total. The van der Waals surface area contributed by atoms with Crippen LogP contribution in [0.1, 0.15) is 0 Å². The Kier molecular flexibility index (Phi) is 4.93. The highest BCUT2D eigenvalue weighted by atomic mass is 16.3. The van der Waals surface area contributed by atoms with E-state index in [0.29, 0.717) is 0 Å². The number of fused-ring (bicyclic) bond motifs is 7. The Morgan fingerprint density at radius 2 is 0.929 bits per heavy atom. The summed E-state index contributed by atoms with van der Waals surface area (Å²) in [5, 5.41) is 8.07. The van der Waals surface area contributed by atoms with Gasteiger partial charge < -0.3 is 8.83 Å². The van der Waals surface area contributed by atoms with Crippen molar-refractivity contribution in [2.45, 2.75) is 0 Å². The van der Waals surface area contributed by atoms with Gasteiger partial charge in [0, 0.05) is 27.3 Å². The molecule has 0 atom stereocenters. The molecule has 2 aromatic heterocycles. The van der Waals surface area contributed by atoms with Crippen LogP contribution in [0.4, 0.5) is 0 Å². The van der Waals surface area contributed by atoms with Gasteiger partial charge in [0.15, 0.2) is 0 Å². The average molecular weight is 537 g/mol. The number of para-hydroxylation sites is 1. The first-order valence-corrected chi connectivity index (χ1v) is 14.3. The predicted octanol–water partition coefficient (Wildman–Crippen LogP) is 11.6. The van der Waals surface area contributed by atoms with E-state index >= 15 is 0 Å². The Hall–Kier alpha value is -5.60. The fourth-order valence-electron chi connectivity index (χ4n) is 6.73. The molecule has 2 nitrogen and oxygen atoms in total. The van der Waals surface area contributed by atoms with Gasteiger partial charge in [-0.1, -0.05) is 121 Å². The van der Waals surface area contributed by atoms with E-state index in [4.69, 9.17) is 8.83 Å².